The number of ether oxygens (including phenoxy) is 3. The van der Waals surface area contributed by atoms with Gasteiger partial charge in [-0.3, -0.25) is 19.7 Å². The summed E-state index contributed by atoms with van der Waals surface area (Å²) in [6, 6.07) is 8.59. The summed E-state index contributed by atoms with van der Waals surface area (Å²) in [7, 11) is 0. The molecule has 2 aromatic carbocycles. The molecule has 0 spiro atoms. The zero-order chi connectivity index (χ0) is 38.5. The molecule has 4 rings (SSSR count). The summed E-state index contributed by atoms with van der Waals surface area (Å²) in [5, 5.41) is 21.4. The number of nitrogens with two attached hydrogens (primary N) is 1. The fourth-order valence-electron chi connectivity index (χ4n) is 6.39. The number of non-ortho nitro benzene ring substituents is 1. The van der Waals surface area contributed by atoms with Gasteiger partial charge in [0.25, 0.3) is 5.69 Å². The average molecular weight is 737 g/mol. The minimum Gasteiger partial charge on any atom is -0.449 e. The number of primary amides is 1. The second-order valence-corrected chi connectivity index (χ2v) is 13.7. The van der Waals surface area contributed by atoms with Crippen LogP contribution < -0.4 is 31.7 Å². The van der Waals surface area contributed by atoms with Crippen molar-refractivity contribution in [2.45, 2.75) is 78.0 Å². The van der Waals surface area contributed by atoms with E-state index in [9.17, 15) is 34.1 Å². The number of nitro benzene ring substituents is 1. The van der Waals surface area contributed by atoms with Gasteiger partial charge in [0.1, 0.15) is 24.4 Å². The molecule has 2 aliphatic carbocycles. The lowest BCUT2D eigenvalue weighted by Crippen LogP contribution is -2.54. The number of hydrogen-bond donors (Lipinski definition) is 5. The van der Waals surface area contributed by atoms with Crippen LogP contribution in [0.1, 0.15) is 64.9 Å². The van der Waals surface area contributed by atoms with Gasteiger partial charge in [-0.25, -0.2) is 14.4 Å². The molecule has 0 bridgehead atoms. The largest absolute Gasteiger partial charge is 0.514 e. The van der Waals surface area contributed by atoms with Crippen LogP contribution in [0, 0.1) is 33.8 Å². The van der Waals surface area contributed by atoms with Gasteiger partial charge in [-0.15, -0.1) is 0 Å². The third kappa shape index (κ3) is 12.8. The number of fused-ring (bicyclic) bond motifs is 1. The Balaban J connectivity index is 1.29. The van der Waals surface area contributed by atoms with Crippen LogP contribution in [0.25, 0.3) is 0 Å². The number of allylic oxidation sites excluding steroid dienone is 2. The summed E-state index contributed by atoms with van der Waals surface area (Å²) in [5.74, 6) is 0.0574. The normalized spacial score (nSPS) is 19.7. The van der Waals surface area contributed by atoms with E-state index in [-0.39, 0.29) is 36.9 Å². The lowest BCUT2D eigenvalue weighted by molar-refractivity contribution is -0.384. The number of hydrogen-bond acceptors (Lipinski definition) is 10. The van der Waals surface area contributed by atoms with Crippen molar-refractivity contribution in [2.75, 3.05) is 18.5 Å². The Morgan fingerprint density at radius 2 is 1.64 bits per heavy atom. The topological polar surface area (TPSA) is 230 Å². The van der Waals surface area contributed by atoms with Gasteiger partial charge in [0, 0.05) is 24.4 Å². The molecule has 5 atom stereocenters. The molecule has 53 heavy (non-hydrogen) atoms. The van der Waals surface area contributed by atoms with Crippen LogP contribution in [0.4, 0.5) is 25.8 Å². The predicted molar refractivity (Wildman–Crippen MR) is 194 cm³/mol. The highest BCUT2D eigenvalue weighted by molar-refractivity contribution is 5.98. The molecule has 286 valence electrons. The first-order valence-electron chi connectivity index (χ1n) is 17.7. The number of rotatable bonds is 16. The number of carbonyl (C=O) groups excluding carboxylic acids is 5. The van der Waals surface area contributed by atoms with Crippen molar-refractivity contribution < 1.29 is 43.1 Å². The number of nitro groups is 1. The number of nitrogens with zero attached hydrogens (tertiary/aromatic N) is 1. The van der Waals surface area contributed by atoms with Crippen molar-refractivity contribution in [3.05, 3.63) is 75.9 Å². The van der Waals surface area contributed by atoms with Crippen molar-refractivity contribution in [1.29, 1.82) is 0 Å². The highest BCUT2D eigenvalue weighted by atomic mass is 16.7. The summed E-state index contributed by atoms with van der Waals surface area (Å²) >= 11 is 0. The maximum Gasteiger partial charge on any atom is 0.514 e. The molecule has 1 saturated carbocycles. The van der Waals surface area contributed by atoms with Gasteiger partial charge < -0.3 is 41.2 Å². The molecule has 0 heterocycles. The van der Waals surface area contributed by atoms with Crippen LogP contribution >= 0.6 is 0 Å². The Morgan fingerprint density at radius 1 is 0.943 bits per heavy atom. The first-order chi connectivity index (χ1) is 25.3. The molecule has 0 saturated heterocycles. The molecule has 16 heteroatoms. The average Bonchev–Trinajstić information content (AvgIpc) is 3.77. The Kier molecular flexibility index (Phi) is 14.6. The number of urea groups is 1. The van der Waals surface area contributed by atoms with E-state index in [1.54, 1.807) is 38.1 Å². The third-order valence-electron chi connectivity index (χ3n) is 9.43. The summed E-state index contributed by atoms with van der Waals surface area (Å²) in [4.78, 5) is 73.2. The van der Waals surface area contributed by atoms with E-state index >= 15 is 0 Å². The minimum atomic E-state index is -1.03. The molecule has 0 aliphatic heterocycles. The molecular formula is C37H48N6O10. The van der Waals surface area contributed by atoms with E-state index in [0.717, 1.165) is 25.7 Å². The van der Waals surface area contributed by atoms with Gasteiger partial charge in [-0.1, -0.05) is 37.6 Å². The fraction of sp³-hybridized carbons (Fsp3) is 0.486. The van der Waals surface area contributed by atoms with Crippen molar-refractivity contribution in [3.8, 4) is 5.75 Å². The van der Waals surface area contributed by atoms with E-state index < -0.39 is 47.1 Å². The Morgan fingerprint density at radius 3 is 2.30 bits per heavy atom. The number of nitrogens with one attached hydrogen (secondary N) is 4. The number of amides is 5. The molecule has 16 nitrogen and oxygen atoms in total. The van der Waals surface area contributed by atoms with E-state index in [4.69, 9.17) is 19.9 Å². The quantitative estimate of drug-likeness (QED) is 0.0372. The lowest BCUT2D eigenvalue weighted by Gasteiger charge is -2.25. The number of benzene rings is 2. The van der Waals surface area contributed by atoms with Crippen LogP contribution in [-0.2, 0) is 25.7 Å². The van der Waals surface area contributed by atoms with Gasteiger partial charge in [0.15, 0.2) is 0 Å². The highest BCUT2D eigenvalue weighted by Crippen LogP contribution is 2.53. The smallest absolute Gasteiger partial charge is 0.449 e. The fourth-order valence-corrected chi connectivity index (χ4v) is 6.39. The minimum absolute atomic E-state index is 0.0748. The van der Waals surface area contributed by atoms with Gasteiger partial charge in [0.2, 0.25) is 11.8 Å². The molecule has 0 aromatic heterocycles. The van der Waals surface area contributed by atoms with Crippen LogP contribution in [0.3, 0.4) is 0 Å². The molecule has 1 fully saturated rings. The van der Waals surface area contributed by atoms with Crippen LogP contribution in [0.5, 0.6) is 5.75 Å². The van der Waals surface area contributed by atoms with Crippen molar-refractivity contribution >= 4 is 41.5 Å². The maximum absolute atomic E-state index is 13.5. The SMILES string of the molecule is C/C1=C/CCC2[C@@H](CC1)[C@H]2COC(=O)N[C@H](C(=O)NC(CCCNC(N)=O)C(=O)Nc1ccc(COC(=O)Oc2ccc([N+](=O)[O-])cc2)cc1)C(C)C. The zero-order valence-corrected chi connectivity index (χ0v) is 30.1. The van der Waals surface area contributed by atoms with Gasteiger partial charge >= 0.3 is 18.3 Å². The van der Waals surface area contributed by atoms with E-state index in [1.807, 2.05) is 0 Å². The number of carbonyl (C=O) groups is 5. The number of anilines is 1. The van der Waals surface area contributed by atoms with E-state index in [0.29, 0.717) is 42.0 Å². The first kappa shape index (κ1) is 40.1. The standard InChI is InChI=1S/C37H48N6O10/c1-22(2)32(42-36(47)51-21-30-28-7-4-6-23(3)9-18-29(28)30)34(45)41-31(8-5-19-39-35(38)46)33(44)40-25-12-10-24(11-13-25)20-52-37(48)53-27-16-14-26(15-17-27)43(49)50/h6,10-17,22,28-32H,4-5,7-9,18-21H2,1-3H3,(H,40,44)(H,41,45)(H,42,47)(H3,38,39,46)/b23-6-/t28?,29-,30+,31?,32+/m1/s1. The second-order valence-electron chi connectivity index (χ2n) is 13.7. The maximum atomic E-state index is 13.5. The molecule has 2 aromatic rings. The van der Waals surface area contributed by atoms with Crippen molar-refractivity contribution in [1.82, 2.24) is 16.0 Å². The van der Waals surface area contributed by atoms with E-state index in [1.165, 1.54) is 29.8 Å². The molecular weight excluding hydrogens is 688 g/mol. The Labute approximate surface area is 307 Å². The monoisotopic (exact) mass is 736 g/mol. The van der Waals surface area contributed by atoms with Crippen molar-refractivity contribution in [2.24, 2.45) is 29.4 Å². The van der Waals surface area contributed by atoms with Crippen LogP contribution in [0.15, 0.2) is 60.2 Å². The van der Waals surface area contributed by atoms with Crippen LogP contribution in [0.2, 0.25) is 0 Å². The molecule has 2 aliphatic rings. The molecule has 2 unspecified atom stereocenters. The number of alkyl carbamates (subject to hydrolysis) is 1. The lowest BCUT2D eigenvalue weighted by atomic mass is 10.0. The van der Waals surface area contributed by atoms with Gasteiger partial charge in [-0.2, -0.15) is 0 Å². The molecule has 5 amide bonds. The Bertz CT molecular complexity index is 1650. The summed E-state index contributed by atoms with van der Waals surface area (Å²) in [5.41, 5.74) is 7.37. The highest BCUT2D eigenvalue weighted by Gasteiger charge is 2.49. The summed E-state index contributed by atoms with van der Waals surface area (Å²) < 4.78 is 15.7. The Hall–Kier alpha value is -5.67. The van der Waals surface area contributed by atoms with Gasteiger partial charge in [-0.05, 0) is 98.9 Å². The summed E-state index contributed by atoms with van der Waals surface area (Å²) in [6.07, 6.45) is 5.30. The molecule has 0 radical (unpaired) electrons. The third-order valence-corrected chi connectivity index (χ3v) is 9.43. The second kappa shape index (κ2) is 19.2. The predicted octanol–water partition coefficient (Wildman–Crippen LogP) is 5.32. The summed E-state index contributed by atoms with van der Waals surface area (Å²) in [6.45, 7) is 6.01. The molecule has 6 N–H and O–H groups in total. The van der Waals surface area contributed by atoms with Gasteiger partial charge in [0.05, 0.1) is 11.5 Å². The van der Waals surface area contributed by atoms with Crippen LogP contribution in [-0.4, -0.2) is 60.3 Å². The van der Waals surface area contributed by atoms with Crippen molar-refractivity contribution in [3.63, 3.8) is 0 Å². The zero-order valence-electron chi connectivity index (χ0n) is 30.1. The van der Waals surface area contributed by atoms with E-state index in [2.05, 4.69) is 34.3 Å². The first-order valence-corrected chi connectivity index (χ1v) is 17.7.